The third-order valence-electron chi connectivity index (χ3n) is 5.96. The number of carbonyl (C=O) groups is 1. The second-order valence-electron chi connectivity index (χ2n) is 8.68. The zero-order valence-corrected chi connectivity index (χ0v) is 19.3. The van der Waals surface area contributed by atoms with Crippen molar-refractivity contribution < 1.29 is 4.79 Å². The lowest BCUT2D eigenvalue weighted by Gasteiger charge is -2.51. The summed E-state index contributed by atoms with van der Waals surface area (Å²) < 4.78 is 1.94. The Balaban J connectivity index is 1.72. The summed E-state index contributed by atoms with van der Waals surface area (Å²) in [6.07, 6.45) is 4.46. The molecule has 0 saturated heterocycles. The molecule has 30 heavy (non-hydrogen) atoms. The Morgan fingerprint density at radius 1 is 1.13 bits per heavy atom. The molecule has 1 atom stereocenters. The Hall–Kier alpha value is -2.24. The Labute approximate surface area is 187 Å². The topological polar surface area (TPSA) is 38.1 Å². The largest absolute Gasteiger partial charge is 0.329 e. The summed E-state index contributed by atoms with van der Waals surface area (Å²) in [6.45, 7) is 6.57. The van der Waals surface area contributed by atoms with E-state index in [-0.39, 0.29) is 16.9 Å². The van der Waals surface area contributed by atoms with Crippen LogP contribution in [0, 0.1) is 0 Å². The van der Waals surface area contributed by atoms with Crippen LogP contribution in [0.25, 0.3) is 0 Å². The van der Waals surface area contributed by atoms with E-state index in [1.54, 1.807) is 6.20 Å². The zero-order chi connectivity index (χ0) is 21.5. The minimum Gasteiger partial charge on any atom is -0.329 e. The van der Waals surface area contributed by atoms with Crippen LogP contribution >= 0.6 is 23.4 Å². The maximum absolute atomic E-state index is 13.4. The molecule has 1 aromatic heterocycles. The molecule has 2 heterocycles. The van der Waals surface area contributed by atoms with Gasteiger partial charge >= 0.3 is 0 Å². The lowest BCUT2D eigenvalue weighted by molar-refractivity contribution is -0.117. The first-order chi connectivity index (χ1) is 14.2. The van der Waals surface area contributed by atoms with Crippen molar-refractivity contribution in [3.63, 3.8) is 0 Å². The Morgan fingerprint density at radius 3 is 2.50 bits per heavy atom. The van der Waals surface area contributed by atoms with Crippen LogP contribution in [0.2, 0.25) is 5.02 Å². The molecule has 2 aromatic carbocycles. The normalized spacial score (nSPS) is 20.1. The summed E-state index contributed by atoms with van der Waals surface area (Å²) in [7, 11) is 1.94. The van der Waals surface area contributed by atoms with E-state index in [0.717, 1.165) is 22.3 Å². The number of rotatable bonds is 4. The van der Waals surface area contributed by atoms with E-state index >= 15 is 0 Å². The first-order valence-corrected chi connectivity index (χ1v) is 11.4. The fourth-order valence-electron chi connectivity index (χ4n) is 4.73. The monoisotopic (exact) mass is 439 g/mol. The molecule has 0 spiro atoms. The molecule has 156 valence electrons. The number of hydrogen-bond acceptors (Lipinski definition) is 3. The van der Waals surface area contributed by atoms with Crippen LogP contribution in [0.1, 0.15) is 38.3 Å². The van der Waals surface area contributed by atoms with Crippen LogP contribution < -0.4 is 4.90 Å². The molecule has 0 fully saturated rings. The maximum atomic E-state index is 13.4. The standard InChI is InChI=1S/C24H26ClN3OS/c1-23(2)16-24(3,17-9-11-18(25)12-10-17)19-7-5-6-8-20(19)28(23)21(29)15-30-22-26-13-14-27(22)4/h5-14H,15-16H2,1-4H3. The molecule has 0 bridgehead atoms. The van der Waals surface area contributed by atoms with E-state index in [2.05, 4.69) is 56.1 Å². The number of amides is 1. The summed E-state index contributed by atoms with van der Waals surface area (Å²) in [5.41, 5.74) is 2.80. The summed E-state index contributed by atoms with van der Waals surface area (Å²) in [5, 5.41) is 1.58. The molecule has 1 amide bonds. The molecular weight excluding hydrogens is 414 g/mol. The number of anilines is 1. The van der Waals surface area contributed by atoms with E-state index in [0.29, 0.717) is 5.75 Å². The van der Waals surface area contributed by atoms with Gasteiger partial charge in [0.1, 0.15) is 0 Å². The number of hydrogen-bond donors (Lipinski definition) is 0. The second-order valence-corrected chi connectivity index (χ2v) is 10.1. The van der Waals surface area contributed by atoms with Gasteiger partial charge in [-0.3, -0.25) is 4.79 Å². The van der Waals surface area contributed by atoms with Gasteiger partial charge < -0.3 is 9.47 Å². The highest BCUT2D eigenvalue weighted by Gasteiger charge is 2.47. The van der Waals surface area contributed by atoms with Crippen LogP contribution in [-0.2, 0) is 17.3 Å². The van der Waals surface area contributed by atoms with Gasteiger partial charge in [0.05, 0.1) is 5.75 Å². The number of nitrogens with zero attached hydrogens (tertiary/aromatic N) is 3. The van der Waals surface area contributed by atoms with Gasteiger partial charge in [-0.05, 0) is 49.6 Å². The highest BCUT2D eigenvalue weighted by molar-refractivity contribution is 7.99. The fraction of sp³-hybridized carbons (Fsp3) is 0.333. The molecule has 0 saturated carbocycles. The van der Waals surface area contributed by atoms with Crippen LogP contribution in [0.3, 0.4) is 0 Å². The van der Waals surface area contributed by atoms with E-state index in [1.807, 2.05) is 40.9 Å². The van der Waals surface area contributed by atoms with E-state index in [4.69, 9.17) is 11.6 Å². The fourth-order valence-corrected chi connectivity index (χ4v) is 5.64. The van der Waals surface area contributed by atoms with Crippen LogP contribution in [0.4, 0.5) is 5.69 Å². The van der Waals surface area contributed by atoms with E-state index < -0.39 is 0 Å². The highest BCUT2D eigenvalue weighted by Crippen LogP contribution is 2.50. The van der Waals surface area contributed by atoms with Crippen LogP contribution in [0.5, 0.6) is 0 Å². The summed E-state index contributed by atoms with van der Waals surface area (Å²) in [5.74, 6) is 0.443. The Bertz CT molecular complexity index is 1080. The summed E-state index contributed by atoms with van der Waals surface area (Å²) >= 11 is 7.62. The van der Waals surface area contributed by atoms with Gasteiger partial charge in [-0.25, -0.2) is 4.98 Å². The predicted molar refractivity (Wildman–Crippen MR) is 124 cm³/mol. The minimum absolute atomic E-state index is 0.0959. The van der Waals surface area contributed by atoms with Crippen molar-refractivity contribution in [2.24, 2.45) is 7.05 Å². The van der Waals surface area contributed by atoms with Crippen molar-refractivity contribution in [1.29, 1.82) is 0 Å². The van der Waals surface area contributed by atoms with Gasteiger partial charge in [-0.15, -0.1) is 0 Å². The number of fused-ring (bicyclic) bond motifs is 1. The third kappa shape index (κ3) is 3.65. The molecule has 1 unspecified atom stereocenters. The first kappa shape index (κ1) is 21.0. The van der Waals surface area contributed by atoms with Crippen molar-refractivity contribution in [3.05, 3.63) is 77.1 Å². The minimum atomic E-state index is -0.345. The highest BCUT2D eigenvalue weighted by atomic mass is 35.5. The zero-order valence-electron chi connectivity index (χ0n) is 17.7. The van der Waals surface area contributed by atoms with Gasteiger partial charge in [0.2, 0.25) is 5.91 Å². The van der Waals surface area contributed by atoms with Crippen molar-refractivity contribution >= 4 is 35.0 Å². The van der Waals surface area contributed by atoms with Gasteiger partial charge in [-0.1, -0.05) is 60.6 Å². The third-order valence-corrected chi connectivity index (χ3v) is 7.26. The van der Waals surface area contributed by atoms with Gasteiger partial charge in [0.25, 0.3) is 0 Å². The first-order valence-electron chi connectivity index (χ1n) is 10.0. The number of benzene rings is 2. The number of imidazole rings is 1. The average Bonchev–Trinajstić information content (AvgIpc) is 3.11. The van der Waals surface area contributed by atoms with E-state index in [9.17, 15) is 4.79 Å². The van der Waals surface area contributed by atoms with Crippen LogP contribution in [0.15, 0.2) is 66.1 Å². The van der Waals surface area contributed by atoms with Crippen molar-refractivity contribution in [3.8, 4) is 0 Å². The molecule has 6 heteroatoms. The smallest absolute Gasteiger partial charge is 0.237 e. The molecule has 4 nitrogen and oxygen atoms in total. The number of para-hydroxylation sites is 1. The van der Waals surface area contributed by atoms with Crippen molar-refractivity contribution in [2.45, 2.75) is 43.3 Å². The predicted octanol–water partition coefficient (Wildman–Crippen LogP) is 5.69. The molecule has 0 aliphatic carbocycles. The molecule has 3 aromatic rings. The second kappa shape index (κ2) is 7.78. The summed E-state index contributed by atoms with van der Waals surface area (Å²) in [6, 6.07) is 16.4. The number of aryl methyl sites for hydroxylation is 1. The molecular formula is C24H26ClN3OS. The lowest BCUT2D eigenvalue weighted by Crippen LogP contribution is -2.56. The number of thioether (sulfide) groups is 1. The van der Waals surface area contributed by atoms with Crippen LogP contribution in [-0.4, -0.2) is 26.8 Å². The van der Waals surface area contributed by atoms with Gasteiger partial charge in [-0.2, -0.15) is 0 Å². The van der Waals surface area contributed by atoms with Gasteiger partial charge in [0, 0.05) is 41.1 Å². The molecule has 0 radical (unpaired) electrons. The molecule has 4 rings (SSSR count). The molecule has 0 N–H and O–H groups in total. The lowest BCUT2D eigenvalue weighted by atomic mass is 9.65. The number of carbonyl (C=O) groups excluding carboxylic acids is 1. The molecule has 1 aliphatic rings. The van der Waals surface area contributed by atoms with Crippen molar-refractivity contribution in [2.75, 3.05) is 10.7 Å². The quantitative estimate of drug-likeness (QED) is 0.490. The maximum Gasteiger partial charge on any atom is 0.237 e. The Morgan fingerprint density at radius 2 is 1.83 bits per heavy atom. The van der Waals surface area contributed by atoms with Crippen molar-refractivity contribution in [1.82, 2.24) is 9.55 Å². The number of halogens is 1. The SMILES string of the molecule is Cn1ccnc1SCC(=O)N1c2ccccc2C(C)(c2ccc(Cl)cc2)CC1(C)C. The summed E-state index contributed by atoms with van der Waals surface area (Å²) in [4.78, 5) is 19.7. The van der Waals surface area contributed by atoms with Gasteiger partial charge in [0.15, 0.2) is 5.16 Å². The molecule has 1 aliphatic heterocycles. The Kier molecular flexibility index (Phi) is 5.45. The van der Waals surface area contributed by atoms with E-state index in [1.165, 1.54) is 22.9 Å². The average molecular weight is 440 g/mol. The number of aromatic nitrogens is 2.